The van der Waals surface area contributed by atoms with Crippen LogP contribution in [0.3, 0.4) is 0 Å². The van der Waals surface area contributed by atoms with E-state index in [1.165, 1.54) is 77.2 Å². The quantitative estimate of drug-likeness (QED) is 0.137. The van der Waals surface area contributed by atoms with Crippen molar-refractivity contribution < 1.29 is 0 Å². The first-order valence-corrected chi connectivity index (χ1v) is 22.5. The largest absolute Gasteiger partial charge is 0.0837 e. The third kappa shape index (κ3) is 5.64. The van der Waals surface area contributed by atoms with Crippen molar-refractivity contribution in [2.45, 2.75) is 64.7 Å². The Morgan fingerprint density at radius 1 is 0.471 bits per heavy atom. The fraction of sp³-hybridized carbons (Fsp3) is 0.250. The lowest BCUT2D eigenvalue weighted by Crippen LogP contribution is -2.43. The van der Waals surface area contributed by atoms with Crippen molar-refractivity contribution >= 4 is 62.9 Å². The van der Waals surface area contributed by atoms with Crippen LogP contribution in [0.25, 0.3) is 53.9 Å². The molecule has 51 heavy (non-hydrogen) atoms. The van der Waals surface area contributed by atoms with Crippen molar-refractivity contribution in [1.82, 2.24) is 0 Å². The average Bonchev–Trinajstić information content (AvgIpc) is 3.57. The molecule has 0 saturated heterocycles. The molecule has 0 bridgehead atoms. The summed E-state index contributed by atoms with van der Waals surface area (Å²) in [6.07, 6.45) is 1.96. The highest BCUT2D eigenvalue weighted by molar-refractivity contribution is 6.82. The Hall–Kier alpha value is -3.88. The lowest BCUT2D eigenvalue weighted by Gasteiger charge is -2.40. The third-order valence-corrected chi connectivity index (χ3v) is 16.6. The van der Waals surface area contributed by atoms with Gasteiger partial charge in [0.05, 0.1) is 8.07 Å². The van der Waals surface area contributed by atoms with Crippen LogP contribution < -0.4 is 0 Å². The Labute approximate surface area is 314 Å². The second-order valence-corrected chi connectivity index (χ2v) is 21.7. The zero-order chi connectivity index (χ0) is 35.6. The monoisotopic (exact) mass is 720 g/mol. The van der Waals surface area contributed by atoms with Gasteiger partial charge in [-0.2, -0.15) is 0 Å². The number of rotatable bonds is 8. The van der Waals surface area contributed by atoms with E-state index in [0.717, 1.165) is 22.9 Å². The van der Waals surface area contributed by atoms with E-state index in [-0.39, 0.29) is 11.1 Å². The second-order valence-electron chi connectivity index (χ2n) is 16.2. The van der Waals surface area contributed by atoms with Crippen molar-refractivity contribution in [3.05, 3.63) is 155 Å². The maximum atomic E-state index is 7.74. The Balaban J connectivity index is 1.35. The second kappa shape index (κ2) is 13.3. The van der Waals surface area contributed by atoms with Crippen LogP contribution in [-0.2, 0) is 0 Å². The molecular formula is C48H46Cl2Si. The highest BCUT2D eigenvalue weighted by atomic mass is 35.5. The molecule has 8 rings (SSSR count). The van der Waals surface area contributed by atoms with Gasteiger partial charge in [-0.25, -0.2) is 0 Å². The Bertz CT molecular complexity index is 2210. The van der Waals surface area contributed by atoms with Crippen molar-refractivity contribution in [3.63, 3.8) is 0 Å². The van der Waals surface area contributed by atoms with E-state index >= 15 is 0 Å². The zero-order valence-corrected chi connectivity index (χ0v) is 33.0. The molecule has 2 aliphatic carbocycles. The summed E-state index contributed by atoms with van der Waals surface area (Å²) in [4.78, 5) is 0. The van der Waals surface area contributed by atoms with E-state index in [2.05, 4.69) is 162 Å². The topological polar surface area (TPSA) is 0 Å². The van der Waals surface area contributed by atoms with Crippen LogP contribution in [0.5, 0.6) is 0 Å². The van der Waals surface area contributed by atoms with Crippen molar-refractivity contribution in [2.75, 3.05) is 0 Å². The van der Waals surface area contributed by atoms with E-state index < -0.39 is 8.07 Å². The van der Waals surface area contributed by atoms with Gasteiger partial charge in [0.1, 0.15) is 0 Å². The number of allylic oxidation sites excluding steroid dienone is 2. The predicted molar refractivity (Wildman–Crippen MR) is 226 cm³/mol. The van der Waals surface area contributed by atoms with E-state index in [4.69, 9.17) is 23.2 Å². The van der Waals surface area contributed by atoms with Crippen LogP contribution in [-0.4, -0.2) is 8.07 Å². The minimum atomic E-state index is -2.32. The molecule has 0 heterocycles. The van der Waals surface area contributed by atoms with Gasteiger partial charge in [-0.05, 0) is 90.7 Å². The fourth-order valence-corrected chi connectivity index (χ4v) is 15.3. The lowest BCUT2D eigenvalue weighted by atomic mass is 9.93. The van der Waals surface area contributed by atoms with Gasteiger partial charge < -0.3 is 0 Å². The summed E-state index contributed by atoms with van der Waals surface area (Å²) in [5.41, 5.74) is 13.6. The summed E-state index contributed by atoms with van der Waals surface area (Å²) in [5, 5.41) is 6.97. The molecule has 0 aliphatic heterocycles. The van der Waals surface area contributed by atoms with Gasteiger partial charge in [-0.1, -0.05) is 185 Å². The molecule has 6 aromatic rings. The van der Waals surface area contributed by atoms with Gasteiger partial charge in [0, 0.05) is 32.3 Å². The van der Waals surface area contributed by atoms with Crippen molar-refractivity contribution in [1.29, 1.82) is 0 Å². The normalized spacial score (nSPS) is 17.4. The van der Waals surface area contributed by atoms with Crippen LogP contribution in [0, 0.1) is 11.8 Å². The first-order chi connectivity index (χ1) is 24.6. The molecule has 0 fully saturated rings. The van der Waals surface area contributed by atoms with Crippen LogP contribution in [0.1, 0.15) is 73.9 Å². The Kier molecular flexibility index (Phi) is 8.90. The first-order valence-electron chi connectivity index (χ1n) is 18.6. The molecule has 3 heteroatoms. The first kappa shape index (κ1) is 34.2. The highest BCUT2D eigenvalue weighted by Crippen LogP contribution is 2.61. The van der Waals surface area contributed by atoms with Gasteiger partial charge in [0.25, 0.3) is 0 Å². The summed E-state index contributed by atoms with van der Waals surface area (Å²) >= 11 is 15.5. The van der Waals surface area contributed by atoms with Crippen molar-refractivity contribution in [3.8, 4) is 22.3 Å². The van der Waals surface area contributed by atoms with Gasteiger partial charge in [0.2, 0.25) is 0 Å². The van der Waals surface area contributed by atoms with Crippen LogP contribution in [0.4, 0.5) is 0 Å². The Morgan fingerprint density at radius 2 is 0.824 bits per heavy atom. The van der Waals surface area contributed by atoms with Gasteiger partial charge in [-0.3, -0.25) is 0 Å². The summed E-state index contributed by atoms with van der Waals surface area (Å²) in [6.45, 7) is 14.6. The molecule has 0 saturated carbocycles. The van der Waals surface area contributed by atoms with E-state index in [9.17, 15) is 0 Å². The molecule has 0 N–H and O–H groups in total. The van der Waals surface area contributed by atoms with E-state index in [0.29, 0.717) is 11.8 Å². The average molecular weight is 722 g/mol. The Morgan fingerprint density at radius 3 is 1.24 bits per heavy atom. The smallest absolute Gasteiger partial charge is 0.0723 e. The molecule has 2 atom stereocenters. The number of hydrogen-bond donors (Lipinski definition) is 0. The van der Waals surface area contributed by atoms with Crippen LogP contribution >= 0.6 is 23.2 Å². The zero-order valence-electron chi connectivity index (χ0n) is 30.5. The summed E-state index contributed by atoms with van der Waals surface area (Å²) in [7, 11) is -2.32. The highest BCUT2D eigenvalue weighted by Gasteiger charge is 2.51. The summed E-state index contributed by atoms with van der Waals surface area (Å²) in [6, 6.07) is 44.6. The number of benzene rings is 6. The lowest BCUT2D eigenvalue weighted by molar-refractivity contribution is 0.623. The summed E-state index contributed by atoms with van der Waals surface area (Å²) < 4.78 is 0. The molecule has 0 amide bonds. The van der Waals surface area contributed by atoms with Gasteiger partial charge >= 0.3 is 0 Å². The molecule has 0 spiro atoms. The fourth-order valence-electron chi connectivity index (χ4n) is 9.59. The SMILES string of the molecule is CC(C)CC1=C(Cl)c2c(-c3cccc4ccccc34)cccc2C1[Si](C)(C)C1C(CC(C)C)=C(Cl)c2c(-c3cccc4ccccc34)cccc21. The molecule has 0 aromatic heterocycles. The third-order valence-electron chi connectivity index (χ3n) is 11.4. The minimum Gasteiger partial charge on any atom is -0.0837 e. The molecule has 6 aromatic carbocycles. The maximum absolute atomic E-state index is 7.74. The molecule has 2 unspecified atom stereocenters. The summed E-state index contributed by atoms with van der Waals surface area (Å²) in [5.74, 6) is 0.971. The van der Waals surface area contributed by atoms with Crippen molar-refractivity contribution in [2.24, 2.45) is 11.8 Å². The number of fused-ring (bicyclic) bond motifs is 4. The maximum Gasteiger partial charge on any atom is 0.0723 e. The van der Waals surface area contributed by atoms with Crippen LogP contribution in [0.15, 0.2) is 132 Å². The van der Waals surface area contributed by atoms with Gasteiger partial charge in [-0.15, -0.1) is 0 Å². The molecule has 0 nitrogen and oxygen atoms in total. The number of halogens is 2. The molecule has 0 radical (unpaired) electrons. The van der Waals surface area contributed by atoms with E-state index in [1.54, 1.807) is 0 Å². The molecule has 2 aliphatic rings. The molecule has 256 valence electrons. The van der Waals surface area contributed by atoms with Crippen LogP contribution in [0.2, 0.25) is 13.1 Å². The predicted octanol–water partition coefficient (Wildman–Crippen LogP) is 15.0. The van der Waals surface area contributed by atoms with E-state index in [1.807, 2.05) is 0 Å². The minimum absolute atomic E-state index is 0.265. The molecular weight excluding hydrogens is 676 g/mol. The van der Waals surface area contributed by atoms with Gasteiger partial charge in [0.15, 0.2) is 0 Å². The standard InChI is InChI=1S/C48H46Cl2Si/c1-29(2)27-41-45(49)43-37(35-21-11-17-31-15-7-9-19-33(31)35)23-13-25-39(43)47(41)51(5,6)48-40-26-14-24-38(44(40)46(50)42(48)28-30(3)4)36-22-12-18-32-16-8-10-20-34(32)36/h7-26,29-30,47-48H,27-28H2,1-6H3. The number of hydrogen-bond acceptors (Lipinski definition) is 0.